The van der Waals surface area contributed by atoms with Gasteiger partial charge in [-0.2, -0.15) is 0 Å². The fraction of sp³-hybridized carbons (Fsp3) is 0.160. The number of carbonyl (C=O) groups excluding carboxylic acids is 2. The van der Waals surface area contributed by atoms with Crippen molar-refractivity contribution in [3.05, 3.63) is 92.4 Å². The molecule has 0 fully saturated rings. The molecule has 0 radical (unpaired) electrons. The molecule has 0 bridgehead atoms. The van der Waals surface area contributed by atoms with Crippen molar-refractivity contribution in [2.24, 2.45) is 0 Å². The van der Waals surface area contributed by atoms with Gasteiger partial charge < -0.3 is 9.64 Å². The van der Waals surface area contributed by atoms with Crippen LogP contribution < -0.4 is 10.1 Å². The van der Waals surface area contributed by atoms with Gasteiger partial charge in [0.1, 0.15) is 9.36 Å². The van der Waals surface area contributed by atoms with Crippen LogP contribution in [0.1, 0.15) is 33.3 Å². The van der Waals surface area contributed by atoms with Gasteiger partial charge in [0.2, 0.25) is 5.78 Å². The molecule has 4 rings (SSSR count). The van der Waals surface area contributed by atoms with Gasteiger partial charge in [-0.1, -0.05) is 54.6 Å². The third kappa shape index (κ3) is 3.94. The molecule has 6 nitrogen and oxygen atoms in total. The second-order valence-corrected chi connectivity index (χ2v) is 8.47. The molecule has 0 N–H and O–H groups in total. The van der Waals surface area contributed by atoms with Gasteiger partial charge in [0.05, 0.1) is 17.9 Å². The molecule has 0 aliphatic rings. The molecule has 0 amide bonds. The van der Waals surface area contributed by atoms with Gasteiger partial charge in [0.25, 0.3) is 5.56 Å². The minimum absolute atomic E-state index is 0.148. The molecule has 2 aromatic heterocycles. The Kier molecular flexibility index (Phi) is 5.92. The SMILES string of the molecule is CCOC(=O)c1cc(C(=O)c2ccc(-c3ccccc3)cc2)n2c(=O)/c(=C\N(C)C)sc12. The van der Waals surface area contributed by atoms with Crippen LogP contribution in [0.5, 0.6) is 0 Å². The number of aromatic nitrogens is 1. The van der Waals surface area contributed by atoms with E-state index in [2.05, 4.69) is 0 Å². The lowest BCUT2D eigenvalue weighted by Crippen LogP contribution is -2.27. The zero-order valence-corrected chi connectivity index (χ0v) is 18.8. The van der Waals surface area contributed by atoms with Gasteiger partial charge in [-0.25, -0.2) is 4.79 Å². The largest absolute Gasteiger partial charge is 0.462 e. The van der Waals surface area contributed by atoms with Crippen LogP contribution >= 0.6 is 11.3 Å². The van der Waals surface area contributed by atoms with E-state index < -0.39 is 5.97 Å². The summed E-state index contributed by atoms with van der Waals surface area (Å²) in [7, 11) is 3.61. The predicted molar refractivity (Wildman–Crippen MR) is 126 cm³/mol. The van der Waals surface area contributed by atoms with Crippen molar-refractivity contribution in [1.29, 1.82) is 0 Å². The van der Waals surface area contributed by atoms with Crippen molar-refractivity contribution in [1.82, 2.24) is 9.30 Å². The number of esters is 1. The van der Waals surface area contributed by atoms with E-state index in [0.717, 1.165) is 11.1 Å². The number of fused-ring (bicyclic) bond motifs is 1. The smallest absolute Gasteiger partial charge is 0.341 e. The molecule has 0 saturated carbocycles. The standard InChI is InChI=1S/C25H22N2O4S/c1-4-31-25(30)19-14-20(27-23(29)21(15-26(2)3)32-24(19)27)22(28)18-12-10-17(11-13-18)16-8-6-5-7-9-16/h5-15H,4H2,1-3H3/b21-15+. The van der Waals surface area contributed by atoms with Crippen molar-refractivity contribution in [3.8, 4) is 11.1 Å². The van der Waals surface area contributed by atoms with Gasteiger partial charge in [0.15, 0.2) is 0 Å². The highest BCUT2D eigenvalue weighted by Crippen LogP contribution is 2.24. The molecule has 0 unspecified atom stereocenters. The van der Waals surface area contributed by atoms with Crippen LogP contribution in [0.3, 0.4) is 0 Å². The van der Waals surface area contributed by atoms with Gasteiger partial charge in [-0.05, 0) is 24.1 Å². The van der Waals surface area contributed by atoms with Crippen LogP contribution in [0.15, 0.2) is 65.5 Å². The van der Waals surface area contributed by atoms with Crippen LogP contribution in [0.2, 0.25) is 0 Å². The van der Waals surface area contributed by atoms with Crippen molar-refractivity contribution in [2.75, 3.05) is 20.7 Å². The van der Waals surface area contributed by atoms with Gasteiger partial charge >= 0.3 is 5.97 Å². The van der Waals surface area contributed by atoms with Gasteiger partial charge in [0, 0.05) is 25.9 Å². The number of thiazole rings is 1. The van der Waals surface area contributed by atoms with Crippen LogP contribution in [-0.2, 0) is 4.74 Å². The quantitative estimate of drug-likeness (QED) is 0.335. The zero-order valence-electron chi connectivity index (χ0n) is 18.0. The van der Waals surface area contributed by atoms with Crippen LogP contribution in [0.25, 0.3) is 22.2 Å². The first-order chi connectivity index (χ1) is 15.4. The lowest BCUT2D eigenvalue weighted by atomic mass is 10.0. The highest BCUT2D eigenvalue weighted by Gasteiger charge is 2.25. The molecule has 32 heavy (non-hydrogen) atoms. The summed E-state index contributed by atoms with van der Waals surface area (Å²) in [6.07, 6.45) is 1.68. The fourth-order valence-corrected chi connectivity index (χ4v) is 4.66. The van der Waals surface area contributed by atoms with E-state index in [4.69, 9.17) is 4.74 Å². The van der Waals surface area contributed by atoms with E-state index in [-0.39, 0.29) is 29.2 Å². The second-order valence-electron chi connectivity index (χ2n) is 7.44. The Balaban J connectivity index is 1.82. The third-order valence-corrected chi connectivity index (χ3v) is 6.03. The molecule has 162 valence electrons. The number of ether oxygens (including phenoxy) is 1. The molecule has 0 atom stereocenters. The number of carbonyl (C=O) groups is 2. The van der Waals surface area contributed by atoms with E-state index in [1.165, 1.54) is 21.8 Å². The van der Waals surface area contributed by atoms with E-state index in [1.54, 1.807) is 44.3 Å². The Labute approximate surface area is 189 Å². The second kappa shape index (κ2) is 8.80. The van der Waals surface area contributed by atoms with Crippen molar-refractivity contribution >= 4 is 34.1 Å². The van der Waals surface area contributed by atoms with Gasteiger partial charge in [-0.3, -0.25) is 14.0 Å². The number of hydrogen-bond donors (Lipinski definition) is 0. The Hall–Kier alpha value is -3.71. The summed E-state index contributed by atoms with van der Waals surface area (Å²) in [5.41, 5.74) is 2.50. The van der Waals surface area contributed by atoms with Crippen molar-refractivity contribution in [3.63, 3.8) is 0 Å². The molecule has 0 aliphatic carbocycles. The van der Waals surface area contributed by atoms with E-state index in [0.29, 0.717) is 14.9 Å². The highest BCUT2D eigenvalue weighted by atomic mass is 32.1. The molecule has 0 spiro atoms. The first kappa shape index (κ1) is 21.5. The van der Waals surface area contributed by atoms with Crippen molar-refractivity contribution < 1.29 is 14.3 Å². The summed E-state index contributed by atoms with van der Waals surface area (Å²) < 4.78 is 6.90. The average molecular weight is 447 g/mol. The molecule has 4 aromatic rings. The fourth-order valence-electron chi connectivity index (χ4n) is 3.48. The summed E-state index contributed by atoms with van der Waals surface area (Å²) in [6, 6.07) is 18.5. The monoisotopic (exact) mass is 446 g/mol. The minimum Gasteiger partial charge on any atom is -0.462 e. The Morgan fingerprint density at radius 2 is 1.69 bits per heavy atom. The van der Waals surface area contributed by atoms with Gasteiger partial charge in [-0.15, -0.1) is 11.3 Å². The number of ketones is 1. The molecular formula is C25H22N2O4S. The zero-order chi connectivity index (χ0) is 22.8. The van der Waals surface area contributed by atoms with Crippen LogP contribution in [0.4, 0.5) is 0 Å². The molecule has 0 aliphatic heterocycles. The van der Waals surface area contributed by atoms with E-state index in [1.807, 2.05) is 42.5 Å². The van der Waals surface area contributed by atoms with E-state index in [9.17, 15) is 14.4 Å². The summed E-state index contributed by atoms with van der Waals surface area (Å²) >= 11 is 1.17. The third-order valence-electron chi connectivity index (χ3n) is 4.93. The lowest BCUT2D eigenvalue weighted by Gasteiger charge is -2.04. The predicted octanol–water partition coefficient (Wildman–Crippen LogP) is 3.45. The molecule has 2 heterocycles. The Bertz CT molecular complexity index is 1400. The van der Waals surface area contributed by atoms with Crippen LogP contribution in [-0.4, -0.2) is 41.8 Å². The number of nitrogens with zero attached hydrogens (tertiary/aromatic N) is 2. The number of hydrogen-bond acceptors (Lipinski definition) is 6. The van der Waals surface area contributed by atoms with Crippen LogP contribution in [0, 0.1) is 0 Å². The Morgan fingerprint density at radius 1 is 1.03 bits per heavy atom. The van der Waals surface area contributed by atoms with E-state index >= 15 is 0 Å². The average Bonchev–Trinajstić information content (AvgIpc) is 3.31. The maximum atomic E-state index is 13.4. The number of benzene rings is 2. The molecule has 0 saturated heterocycles. The topological polar surface area (TPSA) is 68.1 Å². The lowest BCUT2D eigenvalue weighted by molar-refractivity contribution is 0.0529. The first-order valence-electron chi connectivity index (χ1n) is 10.1. The minimum atomic E-state index is -0.555. The molecule has 2 aromatic carbocycles. The molecule has 7 heteroatoms. The summed E-state index contributed by atoms with van der Waals surface area (Å²) in [5, 5.41) is 0. The summed E-state index contributed by atoms with van der Waals surface area (Å²) in [4.78, 5) is 41.1. The number of rotatable bonds is 6. The summed E-state index contributed by atoms with van der Waals surface area (Å²) in [6.45, 7) is 1.91. The highest BCUT2D eigenvalue weighted by molar-refractivity contribution is 7.15. The first-order valence-corrected chi connectivity index (χ1v) is 11.0. The maximum Gasteiger partial charge on any atom is 0.341 e. The maximum absolute atomic E-state index is 13.4. The normalized spacial score (nSPS) is 11.7. The van der Waals surface area contributed by atoms with Crippen molar-refractivity contribution in [2.45, 2.75) is 6.92 Å². The summed E-state index contributed by atoms with van der Waals surface area (Å²) in [5.74, 6) is -0.886. The molecular weight excluding hydrogens is 424 g/mol. The Morgan fingerprint density at radius 3 is 2.31 bits per heavy atom.